The normalized spacial score (nSPS) is 10.7. The van der Waals surface area contributed by atoms with Gasteiger partial charge in [0.05, 0.1) is 12.2 Å². The molecule has 0 aliphatic carbocycles. The van der Waals surface area contributed by atoms with Crippen molar-refractivity contribution in [2.75, 3.05) is 13.2 Å². The lowest BCUT2D eigenvalue weighted by molar-refractivity contribution is 0.0590. The van der Waals surface area contributed by atoms with Gasteiger partial charge < -0.3 is 19.5 Å². The topological polar surface area (TPSA) is 91.0 Å². The van der Waals surface area contributed by atoms with Crippen molar-refractivity contribution >= 4 is 11.9 Å². The zero-order valence-corrected chi connectivity index (χ0v) is 11.1. The quantitative estimate of drug-likeness (QED) is 0.784. The molecule has 0 aliphatic heterocycles. The Balaban J connectivity index is 2.94. The number of carbonyl (C=O) groups is 2. The van der Waals surface area contributed by atoms with Gasteiger partial charge in [-0.25, -0.2) is 4.79 Å². The maximum atomic E-state index is 12.3. The molecule has 1 heterocycles. The van der Waals surface area contributed by atoms with Crippen molar-refractivity contribution in [2.24, 2.45) is 0 Å². The van der Waals surface area contributed by atoms with Gasteiger partial charge in [-0.15, -0.1) is 0 Å². The van der Waals surface area contributed by atoms with Gasteiger partial charge in [-0.3, -0.25) is 4.79 Å². The lowest BCUT2D eigenvalue weighted by atomic mass is 10.1. The summed E-state index contributed by atoms with van der Waals surface area (Å²) >= 11 is 0. The van der Waals surface area contributed by atoms with Crippen LogP contribution < -0.4 is 0 Å². The molecule has 1 aromatic heterocycles. The molecule has 0 fully saturated rings. The Morgan fingerprint density at radius 3 is 2.42 bits per heavy atom. The first-order valence-electron chi connectivity index (χ1n) is 6.28. The maximum absolute atomic E-state index is 12.3. The molecule has 0 saturated heterocycles. The van der Waals surface area contributed by atoms with Gasteiger partial charge in [0.15, 0.2) is 5.76 Å². The van der Waals surface area contributed by atoms with Crippen LogP contribution in [-0.2, 0) is 0 Å². The summed E-state index contributed by atoms with van der Waals surface area (Å²) in [5.74, 6) is -1.55. The van der Waals surface area contributed by atoms with Crippen molar-refractivity contribution in [3.8, 4) is 0 Å². The first kappa shape index (κ1) is 15.2. The highest BCUT2D eigenvalue weighted by atomic mass is 16.4. The van der Waals surface area contributed by atoms with E-state index < -0.39 is 11.9 Å². The van der Waals surface area contributed by atoms with Gasteiger partial charge in [0.25, 0.3) is 5.91 Å². The third-order valence-corrected chi connectivity index (χ3v) is 3.04. The van der Waals surface area contributed by atoms with E-state index in [1.165, 1.54) is 11.0 Å². The summed E-state index contributed by atoms with van der Waals surface area (Å²) in [4.78, 5) is 24.5. The van der Waals surface area contributed by atoms with Crippen LogP contribution in [0.5, 0.6) is 0 Å². The molecule has 1 aromatic rings. The Morgan fingerprint density at radius 1 is 1.37 bits per heavy atom. The molecule has 0 unspecified atom stereocenters. The van der Waals surface area contributed by atoms with Crippen LogP contribution in [0.15, 0.2) is 16.7 Å². The molecule has 19 heavy (non-hydrogen) atoms. The van der Waals surface area contributed by atoms with E-state index in [1.807, 2.05) is 13.8 Å². The van der Waals surface area contributed by atoms with E-state index in [1.54, 1.807) is 0 Å². The minimum Gasteiger partial charge on any atom is -0.478 e. The second kappa shape index (κ2) is 6.94. The molecule has 106 valence electrons. The summed E-state index contributed by atoms with van der Waals surface area (Å²) in [6.07, 6.45) is 2.56. The highest BCUT2D eigenvalue weighted by Gasteiger charge is 2.25. The van der Waals surface area contributed by atoms with E-state index in [-0.39, 0.29) is 30.5 Å². The SMILES string of the molecule is CCC(CC)N(CCO)C(=O)c1cc(C(=O)O)co1. The number of amides is 1. The summed E-state index contributed by atoms with van der Waals surface area (Å²) in [7, 11) is 0. The van der Waals surface area contributed by atoms with E-state index in [4.69, 9.17) is 14.6 Å². The highest BCUT2D eigenvalue weighted by Crippen LogP contribution is 2.16. The summed E-state index contributed by atoms with van der Waals surface area (Å²) in [6, 6.07) is 1.20. The molecule has 0 aromatic carbocycles. The number of aliphatic hydroxyl groups is 1. The molecule has 6 heteroatoms. The van der Waals surface area contributed by atoms with Crippen LogP contribution in [0, 0.1) is 0 Å². The third kappa shape index (κ3) is 3.57. The van der Waals surface area contributed by atoms with Gasteiger partial charge in [0.2, 0.25) is 0 Å². The minimum absolute atomic E-state index is 0.00183. The van der Waals surface area contributed by atoms with Crippen LogP contribution in [0.3, 0.4) is 0 Å². The van der Waals surface area contributed by atoms with Crippen molar-refractivity contribution in [3.63, 3.8) is 0 Å². The fourth-order valence-corrected chi connectivity index (χ4v) is 1.99. The first-order valence-corrected chi connectivity index (χ1v) is 6.28. The highest BCUT2D eigenvalue weighted by molar-refractivity contribution is 5.95. The molecule has 6 nitrogen and oxygen atoms in total. The predicted molar refractivity (Wildman–Crippen MR) is 68.2 cm³/mol. The molecule has 1 rings (SSSR count). The van der Waals surface area contributed by atoms with E-state index in [0.29, 0.717) is 0 Å². The van der Waals surface area contributed by atoms with Gasteiger partial charge in [0.1, 0.15) is 6.26 Å². The number of carboxylic acids is 1. The summed E-state index contributed by atoms with van der Waals surface area (Å²) in [6.45, 7) is 3.97. The first-order chi connectivity index (χ1) is 9.04. The average Bonchev–Trinajstić information content (AvgIpc) is 2.88. The number of furan rings is 1. The van der Waals surface area contributed by atoms with E-state index in [0.717, 1.165) is 19.1 Å². The lowest BCUT2D eigenvalue weighted by Crippen LogP contribution is -2.41. The fraction of sp³-hybridized carbons (Fsp3) is 0.538. The molecule has 0 atom stereocenters. The van der Waals surface area contributed by atoms with Gasteiger partial charge in [-0.1, -0.05) is 13.8 Å². The molecule has 1 amide bonds. The molecular formula is C13H19NO5. The number of nitrogens with zero attached hydrogens (tertiary/aromatic N) is 1. The summed E-state index contributed by atoms with van der Waals surface area (Å²) in [5.41, 5.74) is -0.0585. The number of carboxylic acid groups (broad SMARTS) is 1. The fourth-order valence-electron chi connectivity index (χ4n) is 1.99. The van der Waals surface area contributed by atoms with Crippen LogP contribution in [0.25, 0.3) is 0 Å². The average molecular weight is 269 g/mol. The van der Waals surface area contributed by atoms with Crippen LogP contribution >= 0.6 is 0 Å². The van der Waals surface area contributed by atoms with Gasteiger partial charge in [0, 0.05) is 18.7 Å². The third-order valence-electron chi connectivity index (χ3n) is 3.04. The lowest BCUT2D eigenvalue weighted by Gasteiger charge is -2.29. The number of hydrogen-bond donors (Lipinski definition) is 2. The Hall–Kier alpha value is -1.82. The van der Waals surface area contributed by atoms with Crippen molar-refractivity contribution < 1.29 is 24.2 Å². The van der Waals surface area contributed by atoms with Crippen molar-refractivity contribution in [3.05, 3.63) is 23.7 Å². The van der Waals surface area contributed by atoms with Crippen molar-refractivity contribution in [1.29, 1.82) is 0 Å². The molecule has 0 saturated carbocycles. The Morgan fingerprint density at radius 2 is 2.00 bits per heavy atom. The molecule has 2 N–H and O–H groups in total. The monoisotopic (exact) mass is 269 g/mol. The largest absolute Gasteiger partial charge is 0.478 e. The van der Waals surface area contributed by atoms with Crippen LogP contribution in [0.1, 0.15) is 47.6 Å². The minimum atomic E-state index is -1.14. The van der Waals surface area contributed by atoms with Crippen molar-refractivity contribution in [2.45, 2.75) is 32.7 Å². The molecule has 0 radical (unpaired) electrons. The second-order valence-electron chi connectivity index (χ2n) is 4.20. The van der Waals surface area contributed by atoms with Gasteiger partial charge >= 0.3 is 5.97 Å². The smallest absolute Gasteiger partial charge is 0.338 e. The Bertz CT molecular complexity index is 436. The molecule has 0 bridgehead atoms. The zero-order valence-electron chi connectivity index (χ0n) is 11.1. The molecule has 0 aliphatic rings. The Kier molecular flexibility index (Phi) is 5.57. The van der Waals surface area contributed by atoms with Crippen molar-refractivity contribution in [1.82, 2.24) is 4.90 Å². The van der Waals surface area contributed by atoms with Gasteiger partial charge in [-0.05, 0) is 12.8 Å². The number of aliphatic hydroxyl groups excluding tert-OH is 1. The standard InChI is InChI=1S/C13H19NO5/c1-3-10(4-2)14(5-6-15)12(16)11-7-9(8-19-11)13(17)18/h7-8,10,15H,3-6H2,1-2H3,(H,17,18). The van der Waals surface area contributed by atoms with Crippen LogP contribution in [-0.4, -0.2) is 46.2 Å². The zero-order chi connectivity index (χ0) is 14.4. The summed E-state index contributed by atoms with van der Waals surface area (Å²) < 4.78 is 5.00. The van der Waals surface area contributed by atoms with E-state index in [2.05, 4.69) is 0 Å². The number of aromatic carboxylic acids is 1. The van der Waals surface area contributed by atoms with Crippen LogP contribution in [0.2, 0.25) is 0 Å². The van der Waals surface area contributed by atoms with Crippen LogP contribution in [0.4, 0.5) is 0 Å². The number of hydrogen-bond acceptors (Lipinski definition) is 4. The predicted octanol–water partition coefficient (Wildman–Crippen LogP) is 1.60. The van der Waals surface area contributed by atoms with E-state index >= 15 is 0 Å². The van der Waals surface area contributed by atoms with E-state index in [9.17, 15) is 9.59 Å². The second-order valence-corrected chi connectivity index (χ2v) is 4.20. The van der Waals surface area contributed by atoms with Gasteiger partial charge in [-0.2, -0.15) is 0 Å². The maximum Gasteiger partial charge on any atom is 0.338 e. The number of rotatable bonds is 7. The molecular weight excluding hydrogens is 250 g/mol. The number of carbonyl (C=O) groups excluding carboxylic acids is 1. The summed E-state index contributed by atoms with van der Waals surface area (Å²) in [5, 5.41) is 17.8. The Labute approximate surface area is 111 Å². The molecule has 0 spiro atoms.